The van der Waals surface area contributed by atoms with E-state index in [4.69, 9.17) is 0 Å². The maximum absolute atomic E-state index is 12.5. The van der Waals surface area contributed by atoms with Gasteiger partial charge in [-0.05, 0) is 17.7 Å². The maximum Gasteiger partial charge on any atom is 0.126 e. The molecule has 0 unspecified atom stereocenters. The van der Waals surface area contributed by atoms with E-state index in [0.29, 0.717) is 0 Å². The van der Waals surface area contributed by atoms with Gasteiger partial charge in [-0.25, -0.2) is 13.0 Å². The van der Waals surface area contributed by atoms with Crippen LogP contribution in [0, 0.1) is 11.6 Å². The van der Waals surface area contributed by atoms with Crippen molar-refractivity contribution in [2.24, 2.45) is 4.40 Å². The molecule has 1 aromatic carbocycles. The van der Waals surface area contributed by atoms with E-state index in [-0.39, 0.29) is 5.56 Å². The second-order valence-electron chi connectivity index (χ2n) is 2.03. The molecule has 0 bridgehead atoms. The van der Waals surface area contributed by atoms with Gasteiger partial charge in [0.2, 0.25) is 0 Å². The first-order valence-electron chi connectivity index (χ1n) is 3.04. The molecular weight excluding hydrogens is 184 g/mol. The van der Waals surface area contributed by atoms with Gasteiger partial charge in [0, 0.05) is 12.3 Å². The lowest BCUT2D eigenvalue weighted by atomic mass is 10.2. The molecule has 0 fully saturated rings. The van der Waals surface area contributed by atoms with Crippen LogP contribution in [-0.4, -0.2) is 10.4 Å². The molecule has 0 N–H and O–H groups in total. The smallest absolute Gasteiger partial charge is 0.126 e. The maximum atomic E-state index is 12.5. The van der Waals surface area contributed by atoms with Gasteiger partial charge in [0.05, 0.1) is 0 Å². The lowest BCUT2D eigenvalue weighted by Gasteiger charge is -1.92. The Hall–Kier alpha value is -1.10. The van der Waals surface area contributed by atoms with Gasteiger partial charge in [-0.3, -0.25) is 0 Å². The van der Waals surface area contributed by atoms with Crippen molar-refractivity contribution >= 4 is 18.1 Å². The number of hydrogen-bond donors (Lipinski definition) is 1. The third kappa shape index (κ3) is 2.50. The Labute approximate surface area is 71.6 Å². The van der Waals surface area contributed by atoms with Crippen LogP contribution in [0.4, 0.5) is 8.78 Å². The lowest BCUT2D eigenvalue weighted by molar-refractivity contribution is 0.583. The molecule has 2 nitrogen and oxygen atoms in total. The number of hydrogen-bond acceptors (Lipinski definition) is 1. The standard InChI is InChI=1S/C7H5F2NOS/c8-6-1-5(4-10-12-11)2-7(9)3-6/h1-4,12H/b10-4+. The monoisotopic (exact) mass is 189 g/mol. The van der Waals surface area contributed by atoms with Gasteiger partial charge in [-0.1, -0.05) is 0 Å². The van der Waals surface area contributed by atoms with Crippen molar-refractivity contribution < 1.29 is 13.0 Å². The molecule has 0 aliphatic rings. The number of thiol groups is 1. The van der Waals surface area contributed by atoms with Crippen molar-refractivity contribution in [1.29, 1.82) is 0 Å². The minimum atomic E-state index is -0.681. The highest BCUT2D eigenvalue weighted by Gasteiger charge is 1.96. The molecule has 12 heavy (non-hydrogen) atoms. The number of benzene rings is 1. The summed E-state index contributed by atoms with van der Waals surface area (Å²) in [5.41, 5.74) is 0.246. The van der Waals surface area contributed by atoms with Crippen LogP contribution in [0.2, 0.25) is 0 Å². The largest absolute Gasteiger partial charge is 0.238 e. The minimum absolute atomic E-state index is 0.246. The molecule has 0 amide bonds. The van der Waals surface area contributed by atoms with Crippen molar-refractivity contribution in [1.82, 2.24) is 0 Å². The summed E-state index contributed by atoms with van der Waals surface area (Å²) in [4.78, 5) is 0. The van der Waals surface area contributed by atoms with Crippen LogP contribution >= 0.6 is 0 Å². The predicted octanol–water partition coefficient (Wildman–Crippen LogP) is 1.24. The molecule has 0 heterocycles. The summed E-state index contributed by atoms with van der Waals surface area (Å²) >= 11 is -0.433. The zero-order chi connectivity index (χ0) is 8.97. The Morgan fingerprint density at radius 2 is 1.83 bits per heavy atom. The molecule has 1 rings (SSSR count). The average Bonchev–Trinajstić information content (AvgIpc) is 1.99. The Bertz CT molecular complexity index is 307. The molecular formula is C7H5F2NOS. The van der Waals surface area contributed by atoms with Crippen LogP contribution < -0.4 is 0 Å². The quantitative estimate of drug-likeness (QED) is 0.550. The molecule has 0 aliphatic carbocycles. The van der Waals surface area contributed by atoms with E-state index in [1.807, 2.05) is 0 Å². The van der Waals surface area contributed by atoms with Gasteiger partial charge in [-0.2, -0.15) is 4.40 Å². The van der Waals surface area contributed by atoms with E-state index in [9.17, 15) is 13.0 Å². The fourth-order valence-electron chi connectivity index (χ4n) is 0.740. The van der Waals surface area contributed by atoms with E-state index >= 15 is 0 Å². The van der Waals surface area contributed by atoms with Crippen molar-refractivity contribution in [3.8, 4) is 0 Å². The van der Waals surface area contributed by atoms with Crippen LogP contribution in [0.5, 0.6) is 0 Å². The normalized spacial score (nSPS) is 10.8. The highest BCUT2D eigenvalue weighted by atomic mass is 32.2. The first kappa shape index (κ1) is 8.99. The van der Waals surface area contributed by atoms with Gasteiger partial charge < -0.3 is 0 Å². The summed E-state index contributed by atoms with van der Waals surface area (Å²) < 4.78 is 38.1. The SMILES string of the molecule is O=[SH]/N=C/c1cc(F)cc(F)c1. The summed E-state index contributed by atoms with van der Waals surface area (Å²) in [6.45, 7) is 0. The molecule has 5 heteroatoms. The highest BCUT2D eigenvalue weighted by molar-refractivity contribution is 7.64. The Kier molecular flexibility index (Phi) is 3.04. The molecule has 1 aromatic rings. The van der Waals surface area contributed by atoms with E-state index in [2.05, 4.69) is 4.40 Å². The van der Waals surface area contributed by atoms with E-state index in [1.165, 1.54) is 0 Å². The summed E-state index contributed by atoms with van der Waals surface area (Å²) in [6.07, 6.45) is 1.13. The summed E-state index contributed by atoms with van der Waals surface area (Å²) in [6, 6.07) is 2.95. The first-order valence-corrected chi connectivity index (χ1v) is 3.80. The zero-order valence-electron chi connectivity index (χ0n) is 5.87. The Balaban J connectivity index is 3.00. The van der Waals surface area contributed by atoms with Gasteiger partial charge in [0.15, 0.2) is 0 Å². The fourth-order valence-corrected chi connectivity index (χ4v) is 0.920. The summed E-state index contributed by atoms with van der Waals surface area (Å²) in [5.74, 6) is -1.36. The third-order valence-corrected chi connectivity index (χ3v) is 1.35. The molecule has 0 saturated heterocycles. The molecule has 0 aliphatic heterocycles. The van der Waals surface area contributed by atoms with Crippen LogP contribution in [0.15, 0.2) is 22.6 Å². The van der Waals surface area contributed by atoms with Crippen LogP contribution in [0.3, 0.4) is 0 Å². The second-order valence-corrected chi connectivity index (χ2v) is 2.42. The molecule has 0 saturated carbocycles. The van der Waals surface area contributed by atoms with Crippen LogP contribution in [0.25, 0.3) is 0 Å². The molecule has 0 atom stereocenters. The van der Waals surface area contributed by atoms with Crippen LogP contribution in [0.1, 0.15) is 5.56 Å². The Morgan fingerprint density at radius 1 is 1.25 bits per heavy atom. The van der Waals surface area contributed by atoms with Gasteiger partial charge >= 0.3 is 0 Å². The van der Waals surface area contributed by atoms with Crippen molar-refractivity contribution in [2.75, 3.05) is 0 Å². The van der Waals surface area contributed by atoms with Crippen molar-refractivity contribution in [3.05, 3.63) is 35.4 Å². The molecule has 0 spiro atoms. The minimum Gasteiger partial charge on any atom is -0.238 e. The number of halogens is 2. The summed E-state index contributed by atoms with van der Waals surface area (Å²) in [5, 5.41) is 0. The predicted molar refractivity (Wildman–Crippen MR) is 43.5 cm³/mol. The lowest BCUT2D eigenvalue weighted by Crippen LogP contribution is -1.86. The van der Waals surface area contributed by atoms with E-state index in [0.717, 1.165) is 24.4 Å². The fraction of sp³-hybridized carbons (Fsp3) is 0. The first-order chi connectivity index (χ1) is 5.72. The Morgan fingerprint density at radius 3 is 2.33 bits per heavy atom. The summed E-state index contributed by atoms with van der Waals surface area (Å²) in [7, 11) is 0. The van der Waals surface area contributed by atoms with Gasteiger partial charge in [0.1, 0.15) is 23.5 Å². The second kappa shape index (κ2) is 4.06. The number of nitrogens with zero attached hydrogens (tertiary/aromatic N) is 1. The molecule has 0 aromatic heterocycles. The zero-order valence-corrected chi connectivity index (χ0v) is 6.76. The van der Waals surface area contributed by atoms with Gasteiger partial charge in [0.25, 0.3) is 0 Å². The van der Waals surface area contributed by atoms with Crippen molar-refractivity contribution in [2.45, 2.75) is 0 Å². The van der Waals surface area contributed by atoms with Crippen LogP contribution in [-0.2, 0) is 11.9 Å². The molecule has 64 valence electrons. The third-order valence-electron chi connectivity index (χ3n) is 1.14. The topological polar surface area (TPSA) is 29.4 Å². The number of rotatable bonds is 2. The highest BCUT2D eigenvalue weighted by Crippen LogP contribution is 2.05. The van der Waals surface area contributed by atoms with Gasteiger partial charge in [-0.15, -0.1) is 0 Å². The van der Waals surface area contributed by atoms with E-state index in [1.54, 1.807) is 0 Å². The van der Waals surface area contributed by atoms with Crippen molar-refractivity contribution in [3.63, 3.8) is 0 Å². The van der Waals surface area contributed by atoms with E-state index < -0.39 is 23.5 Å². The average molecular weight is 189 g/mol. The molecule has 0 radical (unpaired) electrons.